The largest absolute Gasteiger partial charge is 0.443 e. The van der Waals surface area contributed by atoms with Crippen LogP contribution in [-0.4, -0.2) is 33.7 Å². The van der Waals surface area contributed by atoms with Crippen LogP contribution >= 0.6 is 15.9 Å². The zero-order valence-electron chi connectivity index (χ0n) is 14.2. The van der Waals surface area contributed by atoms with Crippen LogP contribution in [0.4, 0.5) is 14.9 Å². The average molecular weight is 410 g/mol. The highest BCUT2D eigenvalue weighted by Crippen LogP contribution is 2.37. The molecule has 0 saturated heterocycles. The molecule has 2 heterocycles. The maximum atomic E-state index is 14.2. The number of halogens is 2. The second kappa shape index (κ2) is 5.87. The topological polar surface area (TPSA) is 67.6 Å². The molecule has 0 fully saturated rings. The molecule has 0 aromatic heterocycles. The Morgan fingerprint density at radius 2 is 2.04 bits per heavy atom. The standard InChI is InChI=1S/C17H17BrFN3O3/c1-17(2,3)25-16(23)21(4)12-8-9(19)7-11-10-5-6-13(18)22(24)15(10)20-14(11)12/h5-8,24H,1-4H3. The molecule has 0 aliphatic carbocycles. The molecule has 1 N–H and O–H groups in total. The number of aromatic nitrogens is 2. The first kappa shape index (κ1) is 17.5. The Bertz CT molecular complexity index is 949. The van der Waals surface area contributed by atoms with Gasteiger partial charge >= 0.3 is 6.09 Å². The predicted octanol–water partition coefficient (Wildman–Crippen LogP) is 4.65. The summed E-state index contributed by atoms with van der Waals surface area (Å²) in [7, 11) is 1.49. The van der Waals surface area contributed by atoms with E-state index in [4.69, 9.17) is 4.74 Å². The number of carbonyl (C=O) groups excluding carboxylic acids is 1. The predicted molar refractivity (Wildman–Crippen MR) is 95.8 cm³/mol. The van der Waals surface area contributed by atoms with Crippen molar-refractivity contribution in [2.24, 2.45) is 0 Å². The Morgan fingerprint density at radius 3 is 2.68 bits per heavy atom. The van der Waals surface area contributed by atoms with Gasteiger partial charge in [-0.3, -0.25) is 4.90 Å². The van der Waals surface area contributed by atoms with E-state index in [2.05, 4.69) is 20.9 Å². The molecule has 0 radical (unpaired) electrons. The minimum Gasteiger partial charge on any atom is -0.443 e. The maximum absolute atomic E-state index is 14.2. The molecule has 3 rings (SSSR count). The summed E-state index contributed by atoms with van der Waals surface area (Å²) in [5.41, 5.74) is 0.544. The minimum absolute atomic E-state index is 0.258. The molecule has 0 spiro atoms. The van der Waals surface area contributed by atoms with Crippen LogP contribution in [0.25, 0.3) is 22.3 Å². The molecule has 1 aromatic carbocycles. The molecule has 1 aromatic rings. The number of hydrogen-bond donors (Lipinski definition) is 1. The third-order valence-electron chi connectivity index (χ3n) is 3.62. The second-order valence-electron chi connectivity index (χ2n) is 6.68. The van der Waals surface area contributed by atoms with Gasteiger partial charge in [-0.2, -0.15) is 4.73 Å². The van der Waals surface area contributed by atoms with Crippen molar-refractivity contribution in [3.05, 3.63) is 34.7 Å². The van der Waals surface area contributed by atoms with Gasteiger partial charge in [-0.05, 0) is 61.0 Å². The van der Waals surface area contributed by atoms with Crippen molar-refractivity contribution in [3.8, 4) is 11.4 Å². The van der Waals surface area contributed by atoms with E-state index in [0.29, 0.717) is 21.1 Å². The quantitative estimate of drug-likeness (QED) is 0.469. The molecule has 2 aliphatic rings. The van der Waals surface area contributed by atoms with Gasteiger partial charge in [0.05, 0.1) is 11.2 Å². The molecule has 132 valence electrons. The van der Waals surface area contributed by atoms with Crippen LogP contribution in [0.15, 0.2) is 28.9 Å². The third kappa shape index (κ3) is 3.13. The lowest BCUT2D eigenvalue weighted by atomic mass is 10.1. The lowest BCUT2D eigenvalue weighted by Gasteiger charge is -2.24. The summed E-state index contributed by atoms with van der Waals surface area (Å²) in [6.45, 7) is 5.25. The first-order chi connectivity index (χ1) is 11.6. The SMILES string of the molecule is CN(C(=O)OC(C)(C)C)c1cc(F)cc2c3ccc(Br)n(O)c-3nc12. The van der Waals surface area contributed by atoms with Crippen molar-refractivity contribution in [1.29, 1.82) is 0 Å². The number of nitrogens with zero attached hydrogens (tertiary/aromatic N) is 3. The van der Waals surface area contributed by atoms with Gasteiger partial charge in [0, 0.05) is 18.0 Å². The van der Waals surface area contributed by atoms with Gasteiger partial charge < -0.3 is 9.94 Å². The molecule has 0 bridgehead atoms. The lowest BCUT2D eigenvalue weighted by molar-refractivity contribution is 0.0589. The summed E-state index contributed by atoms with van der Waals surface area (Å²) in [5, 5.41) is 10.6. The smallest absolute Gasteiger partial charge is 0.414 e. The Kier molecular flexibility index (Phi) is 4.10. The van der Waals surface area contributed by atoms with Crippen LogP contribution in [-0.2, 0) is 4.74 Å². The molecule has 8 heteroatoms. The van der Waals surface area contributed by atoms with Gasteiger partial charge in [0.25, 0.3) is 0 Å². The second-order valence-corrected chi connectivity index (χ2v) is 7.49. The van der Waals surface area contributed by atoms with E-state index < -0.39 is 17.5 Å². The van der Waals surface area contributed by atoms with Gasteiger partial charge in [-0.1, -0.05) is 0 Å². The van der Waals surface area contributed by atoms with Crippen LogP contribution < -0.4 is 4.90 Å². The summed E-state index contributed by atoms with van der Waals surface area (Å²) in [4.78, 5) is 17.9. The monoisotopic (exact) mass is 409 g/mol. The van der Waals surface area contributed by atoms with Crippen molar-refractivity contribution >= 4 is 38.6 Å². The van der Waals surface area contributed by atoms with Crippen molar-refractivity contribution < 1.29 is 19.1 Å². The molecule has 6 nitrogen and oxygen atoms in total. The number of ether oxygens (including phenoxy) is 1. The zero-order chi connectivity index (χ0) is 18.5. The number of fused-ring (bicyclic) bond motifs is 3. The molecule has 2 aliphatic heterocycles. The van der Waals surface area contributed by atoms with Crippen LogP contribution in [0.1, 0.15) is 20.8 Å². The Labute approximate surface area is 152 Å². The average Bonchev–Trinajstić information content (AvgIpc) is 2.87. The fourth-order valence-electron chi connectivity index (χ4n) is 2.53. The lowest BCUT2D eigenvalue weighted by Crippen LogP contribution is -2.34. The number of rotatable bonds is 1. The first-order valence-electron chi connectivity index (χ1n) is 7.54. The molecule has 1 amide bonds. The Hall–Kier alpha value is -2.35. The van der Waals surface area contributed by atoms with Gasteiger partial charge in [-0.25, -0.2) is 14.2 Å². The maximum Gasteiger partial charge on any atom is 0.414 e. The summed E-state index contributed by atoms with van der Waals surface area (Å²) < 4.78 is 20.8. The minimum atomic E-state index is -0.680. The summed E-state index contributed by atoms with van der Waals surface area (Å²) in [6, 6.07) is 5.89. The number of amides is 1. The Balaban J connectivity index is 2.20. The van der Waals surface area contributed by atoms with Crippen LogP contribution in [0.3, 0.4) is 0 Å². The van der Waals surface area contributed by atoms with Crippen molar-refractivity contribution in [3.63, 3.8) is 0 Å². The van der Waals surface area contributed by atoms with E-state index in [1.54, 1.807) is 32.9 Å². The molecule has 0 atom stereocenters. The van der Waals surface area contributed by atoms with E-state index in [1.807, 2.05) is 0 Å². The number of carbonyl (C=O) groups is 1. The van der Waals surface area contributed by atoms with Crippen LogP contribution in [0, 0.1) is 5.82 Å². The van der Waals surface area contributed by atoms with E-state index >= 15 is 0 Å². The van der Waals surface area contributed by atoms with E-state index in [1.165, 1.54) is 24.1 Å². The van der Waals surface area contributed by atoms with Crippen LogP contribution in [0.5, 0.6) is 0 Å². The van der Waals surface area contributed by atoms with Crippen molar-refractivity contribution in [1.82, 2.24) is 9.71 Å². The molecular formula is C17H17BrFN3O3. The summed E-state index contributed by atoms with van der Waals surface area (Å²) >= 11 is 3.21. The summed E-state index contributed by atoms with van der Waals surface area (Å²) in [6.07, 6.45) is -0.621. The third-order valence-corrected chi connectivity index (χ3v) is 4.22. The van der Waals surface area contributed by atoms with E-state index in [-0.39, 0.29) is 11.5 Å². The van der Waals surface area contributed by atoms with Gasteiger partial charge in [-0.15, -0.1) is 0 Å². The number of pyridine rings is 1. The van der Waals surface area contributed by atoms with Crippen LogP contribution in [0.2, 0.25) is 0 Å². The molecular weight excluding hydrogens is 393 g/mol. The fourth-order valence-corrected chi connectivity index (χ4v) is 2.83. The number of hydrogen-bond acceptors (Lipinski definition) is 4. The number of anilines is 1. The summed E-state index contributed by atoms with van der Waals surface area (Å²) in [5.74, 6) is -0.256. The fraction of sp³-hybridized carbons (Fsp3) is 0.294. The van der Waals surface area contributed by atoms with Crippen molar-refractivity contribution in [2.75, 3.05) is 11.9 Å². The van der Waals surface area contributed by atoms with Gasteiger partial charge in [0.15, 0.2) is 5.82 Å². The van der Waals surface area contributed by atoms with E-state index in [9.17, 15) is 14.4 Å². The normalized spacial score (nSPS) is 11.9. The van der Waals surface area contributed by atoms with Crippen molar-refractivity contribution in [2.45, 2.75) is 26.4 Å². The molecule has 0 unspecified atom stereocenters. The highest BCUT2D eigenvalue weighted by atomic mass is 79.9. The first-order valence-corrected chi connectivity index (χ1v) is 8.34. The number of benzene rings is 1. The van der Waals surface area contributed by atoms with Gasteiger partial charge in [0.2, 0.25) is 0 Å². The molecule has 0 saturated carbocycles. The molecule has 25 heavy (non-hydrogen) atoms. The Morgan fingerprint density at radius 1 is 1.36 bits per heavy atom. The highest BCUT2D eigenvalue weighted by Gasteiger charge is 2.26. The highest BCUT2D eigenvalue weighted by molar-refractivity contribution is 9.10. The van der Waals surface area contributed by atoms with E-state index in [0.717, 1.165) is 4.73 Å². The van der Waals surface area contributed by atoms with Gasteiger partial charge in [0.1, 0.15) is 16.0 Å². The zero-order valence-corrected chi connectivity index (χ0v) is 15.8.